The Kier molecular flexibility index (Phi) is 3.33. The molecule has 3 rings (SSSR count). The van der Waals surface area contributed by atoms with E-state index in [0.29, 0.717) is 22.4 Å². The third kappa shape index (κ3) is 2.30. The Balaban J connectivity index is 1.86. The third-order valence-corrected chi connectivity index (χ3v) is 3.54. The van der Waals surface area contributed by atoms with E-state index in [2.05, 4.69) is 0 Å². The fourth-order valence-corrected chi connectivity index (χ4v) is 2.38. The number of fused-ring (bicyclic) bond motifs is 1. The van der Waals surface area contributed by atoms with Crippen LogP contribution in [0.15, 0.2) is 48.5 Å². The van der Waals surface area contributed by atoms with Gasteiger partial charge in [-0.25, -0.2) is 9.59 Å². The van der Waals surface area contributed by atoms with Gasteiger partial charge in [0.05, 0.1) is 23.8 Å². The van der Waals surface area contributed by atoms with Gasteiger partial charge >= 0.3 is 11.9 Å². The van der Waals surface area contributed by atoms with Gasteiger partial charge in [0.25, 0.3) is 5.79 Å². The number of esters is 2. The summed E-state index contributed by atoms with van der Waals surface area (Å²) in [5.74, 6) is -1.85. The van der Waals surface area contributed by atoms with E-state index in [-0.39, 0.29) is 0 Å². The lowest BCUT2D eigenvalue weighted by molar-refractivity contribution is -0.153. The number of benzene rings is 2. The summed E-state index contributed by atoms with van der Waals surface area (Å²) in [4.78, 5) is 24.1. The van der Waals surface area contributed by atoms with Gasteiger partial charge in [-0.2, -0.15) is 0 Å². The molecule has 0 bridgehead atoms. The molecule has 112 valence electrons. The Morgan fingerprint density at radius 3 is 2.45 bits per heavy atom. The van der Waals surface area contributed by atoms with Crippen molar-refractivity contribution < 1.29 is 23.8 Å². The van der Waals surface area contributed by atoms with Crippen LogP contribution in [0.25, 0.3) is 0 Å². The summed E-state index contributed by atoms with van der Waals surface area (Å²) >= 11 is 0. The number of hydrogen-bond donors (Lipinski definition) is 0. The maximum Gasteiger partial charge on any atom is 0.342 e. The fourth-order valence-electron chi connectivity index (χ4n) is 2.38. The second-order valence-corrected chi connectivity index (χ2v) is 5.00. The third-order valence-electron chi connectivity index (χ3n) is 3.54. The Labute approximate surface area is 127 Å². The number of cyclic esters (lactones) is 1. The Morgan fingerprint density at radius 1 is 1.09 bits per heavy atom. The molecular weight excluding hydrogens is 284 g/mol. The molecule has 0 aromatic heterocycles. The van der Waals surface area contributed by atoms with Crippen LogP contribution in [0.3, 0.4) is 0 Å². The minimum Gasteiger partial charge on any atom is -0.497 e. The topological polar surface area (TPSA) is 61.8 Å². The molecule has 0 aliphatic carbocycles. The maximum absolute atomic E-state index is 12.3. The number of hydrogen-bond acceptors (Lipinski definition) is 5. The maximum atomic E-state index is 12.3. The van der Waals surface area contributed by atoms with Crippen molar-refractivity contribution in [3.05, 3.63) is 65.2 Å². The summed E-state index contributed by atoms with van der Waals surface area (Å²) in [6.07, 6.45) is 0. The van der Waals surface area contributed by atoms with Crippen molar-refractivity contribution in [2.24, 2.45) is 0 Å². The Bertz CT molecular complexity index is 735. The van der Waals surface area contributed by atoms with Crippen LogP contribution in [0.1, 0.15) is 33.2 Å². The SMILES string of the molecule is COc1ccc(C(=O)O[C@]2(C)OC(=O)c3ccccc32)cc1. The first-order chi connectivity index (χ1) is 10.5. The monoisotopic (exact) mass is 298 g/mol. The fraction of sp³-hybridized carbons (Fsp3) is 0.176. The van der Waals surface area contributed by atoms with E-state index in [1.165, 1.54) is 0 Å². The van der Waals surface area contributed by atoms with Crippen LogP contribution in [0.4, 0.5) is 0 Å². The highest BCUT2D eigenvalue weighted by atomic mass is 16.7. The van der Waals surface area contributed by atoms with Gasteiger partial charge in [0.2, 0.25) is 0 Å². The van der Waals surface area contributed by atoms with Crippen molar-refractivity contribution in [2.45, 2.75) is 12.7 Å². The van der Waals surface area contributed by atoms with E-state index in [4.69, 9.17) is 14.2 Å². The lowest BCUT2D eigenvalue weighted by Gasteiger charge is -2.23. The molecule has 5 heteroatoms. The van der Waals surface area contributed by atoms with Gasteiger partial charge in [-0.1, -0.05) is 18.2 Å². The highest BCUT2D eigenvalue weighted by molar-refractivity contribution is 5.95. The van der Waals surface area contributed by atoms with Gasteiger partial charge in [-0.05, 0) is 30.3 Å². The molecule has 0 saturated heterocycles. The van der Waals surface area contributed by atoms with Gasteiger partial charge in [0.1, 0.15) is 5.75 Å². The van der Waals surface area contributed by atoms with E-state index in [0.717, 1.165) is 0 Å². The predicted octanol–water partition coefficient (Wildman–Crippen LogP) is 2.90. The summed E-state index contributed by atoms with van der Waals surface area (Å²) in [5.41, 5.74) is 1.30. The van der Waals surface area contributed by atoms with Crippen molar-refractivity contribution in [1.29, 1.82) is 0 Å². The van der Waals surface area contributed by atoms with Crippen LogP contribution < -0.4 is 4.74 Å². The van der Waals surface area contributed by atoms with Gasteiger partial charge in [0, 0.05) is 6.92 Å². The number of rotatable bonds is 3. The molecule has 2 aromatic carbocycles. The molecule has 22 heavy (non-hydrogen) atoms. The van der Waals surface area contributed by atoms with E-state index in [1.807, 2.05) is 0 Å². The van der Waals surface area contributed by atoms with E-state index >= 15 is 0 Å². The van der Waals surface area contributed by atoms with Gasteiger partial charge in [-0.15, -0.1) is 0 Å². The van der Waals surface area contributed by atoms with Crippen LogP contribution in [0.5, 0.6) is 5.75 Å². The zero-order chi connectivity index (χ0) is 15.7. The number of carbonyl (C=O) groups is 2. The van der Waals surface area contributed by atoms with Crippen molar-refractivity contribution in [3.8, 4) is 5.75 Å². The average molecular weight is 298 g/mol. The summed E-state index contributed by atoms with van der Waals surface area (Å²) in [6, 6.07) is 13.4. The summed E-state index contributed by atoms with van der Waals surface area (Å²) in [7, 11) is 1.54. The van der Waals surface area contributed by atoms with Crippen LogP contribution in [0.2, 0.25) is 0 Å². The second-order valence-electron chi connectivity index (χ2n) is 5.00. The molecule has 2 aromatic rings. The smallest absolute Gasteiger partial charge is 0.342 e. The van der Waals surface area contributed by atoms with Crippen LogP contribution in [0, 0.1) is 0 Å². The van der Waals surface area contributed by atoms with Crippen LogP contribution >= 0.6 is 0 Å². The molecule has 0 spiro atoms. The number of carbonyl (C=O) groups excluding carboxylic acids is 2. The lowest BCUT2D eigenvalue weighted by Crippen LogP contribution is -2.29. The Morgan fingerprint density at radius 2 is 1.77 bits per heavy atom. The van der Waals surface area contributed by atoms with Crippen molar-refractivity contribution in [2.75, 3.05) is 7.11 Å². The van der Waals surface area contributed by atoms with Gasteiger partial charge in [0.15, 0.2) is 0 Å². The average Bonchev–Trinajstić information content (AvgIpc) is 2.79. The predicted molar refractivity (Wildman–Crippen MR) is 77.6 cm³/mol. The minimum atomic E-state index is -1.41. The number of ether oxygens (including phenoxy) is 3. The number of methoxy groups -OCH3 is 1. The molecule has 1 heterocycles. The molecule has 1 aliphatic heterocycles. The minimum absolute atomic E-state index is 0.349. The van der Waals surface area contributed by atoms with E-state index in [9.17, 15) is 9.59 Å². The molecule has 0 unspecified atom stereocenters. The van der Waals surface area contributed by atoms with Crippen molar-refractivity contribution >= 4 is 11.9 Å². The zero-order valence-electron chi connectivity index (χ0n) is 12.2. The normalized spacial score (nSPS) is 19.3. The molecule has 0 N–H and O–H groups in total. The summed E-state index contributed by atoms with van der Waals surface area (Å²) in [5, 5.41) is 0. The first kappa shape index (κ1) is 14.1. The standard InChI is InChI=1S/C17H14O5/c1-17(14-6-4-3-5-13(14)16(19)22-17)21-15(18)11-7-9-12(20-2)10-8-11/h3-10H,1-2H3/t17-/m1/s1. The first-order valence-electron chi connectivity index (χ1n) is 6.74. The molecule has 0 fully saturated rings. The van der Waals surface area contributed by atoms with Gasteiger partial charge < -0.3 is 14.2 Å². The quantitative estimate of drug-likeness (QED) is 0.815. The molecule has 1 aliphatic rings. The molecule has 0 amide bonds. The zero-order valence-corrected chi connectivity index (χ0v) is 12.2. The van der Waals surface area contributed by atoms with Crippen molar-refractivity contribution in [1.82, 2.24) is 0 Å². The molecule has 0 radical (unpaired) electrons. The van der Waals surface area contributed by atoms with Crippen LogP contribution in [-0.4, -0.2) is 19.0 Å². The molecule has 1 atom stereocenters. The largest absolute Gasteiger partial charge is 0.497 e. The van der Waals surface area contributed by atoms with E-state index in [1.54, 1.807) is 62.6 Å². The molecular formula is C17H14O5. The van der Waals surface area contributed by atoms with E-state index < -0.39 is 17.7 Å². The second kappa shape index (κ2) is 5.18. The van der Waals surface area contributed by atoms with Gasteiger partial charge in [-0.3, -0.25) is 0 Å². The summed E-state index contributed by atoms with van der Waals surface area (Å²) in [6.45, 7) is 1.55. The van der Waals surface area contributed by atoms with Crippen LogP contribution in [-0.2, 0) is 15.3 Å². The highest BCUT2D eigenvalue weighted by Gasteiger charge is 2.45. The highest BCUT2D eigenvalue weighted by Crippen LogP contribution is 2.37. The molecule has 5 nitrogen and oxygen atoms in total. The summed E-state index contributed by atoms with van der Waals surface area (Å²) < 4.78 is 15.7. The van der Waals surface area contributed by atoms with Crippen molar-refractivity contribution in [3.63, 3.8) is 0 Å². The Hall–Kier alpha value is -2.82. The first-order valence-corrected chi connectivity index (χ1v) is 6.74. The molecule has 0 saturated carbocycles. The lowest BCUT2D eigenvalue weighted by atomic mass is 10.0.